The van der Waals surface area contributed by atoms with Gasteiger partial charge in [0.2, 0.25) is 5.95 Å². The van der Waals surface area contributed by atoms with Gasteiger partial charge >= 0.3 is 0 Å². The lowest BCUT2D eigenvalue weighted by atomic mass is 10.2. The first-order chi connectivity index (χ1) is 11.7. The summed E-state index contributed by atoms with van der Waals surface area (Å²) in [6.07, 6.45) is 1.71. The molecule has 2 N–H and O–H groups in total. The molecule has 0 aliphatic heterocycles. The van der Waals surface area contributed by atoms with Crippen LogP contribution in [-0.4, -0.2) is 17.1 Å². The second kappa shape index (κ2) is 7.66. The molecule has 0 spiro atoms. The lowest BCUT2D eigenvalue weighted by Crippen LogP contribution is -2.04. The number of aromatic nitrogens is 2. The van der Waals surface area contributed by atoms with E-state index in [0.29, 0.717) is 12.5 Å². The summed E-state index contributed by atoms with van der Waals surface area (Å²) in [7, 11) is 1.64. The van der Waals surface area contributed by atoms with E-state index in [9.17, 15) is 0 Å². The van der Waals surface area contributed by atoms with E-state index in [1.165, 1.54) is 0 Å². The second-order valence-corrected chi connectivity index (χ2v) is 5.54. The summed E-state index contributed by atoms with van der Waals surface area (Å²) in [4.78, 5) is 8.69. The van der Waals surface area contributed by atoms with Crippen molar-refractivity contribution < 1.29 is 4.74 Å². The van der Waals surface area contributed by atoms with Gasteiger partial charge in [-0.25, -0.2) is 4.98 Å². The number of rotatable bonds is 6. The monoisotopic (exact) mass is 340 g/mol. The summed E-state index contributed by atoms with van der Waals surface area (Å²) < 4.78 is 5.21. The topological polar surface area (TPSA) is 59.1 Å². The maximum absolute atomic E-state index is 5.89. The van der Waals surface area contributed by atoms with Crippen LogP contribution in [0.1, 0.15) is 5.56 Å². The van der Waals surface area contributed by atoms with Crippen LogP contribution < -0.4 is 15.4 Å². The summed E-state index contributed by atoms with van der Waals surface area (Å²) in [6.45, 7) is 0.660. The van der Waals surface area contributed by atoms with Crippen LogP contribution in [0, 0.1) is 0 Å². The van der Waals surface area contributed by atoms with Crippen molar-refractivity contribution in [2.45, 2.75) is 6.54 Å². The summed E-state index contributed by atoms with van der Waals surface area (Å²) in [6, 6.07) is 17.1. The molecule has 5 nitrogen and oxygen atoms in total. The molecule has 0 aliphatic carbocycles. The second-order valence-electron chi connectivity index (χ2n) is 5.10. The molecule has 0 aliphatic rings. The van der Waals surface area contributed by atoms with Crippen LogP contribution in [0.4, 0.5) is 17.5 Å². The molecule has 0 atom stereocenters. The largest absolute Gasteiger partial charge is 0.497 e. The minimum Gasteiger partial charge on any atom is -0.497 e. The standard InChI is InChI=1S/C18H17ClN4O/c1-24-16-4-2-3-15(11-16)22-18-20-10-9-17(23-18)21-12-13-5-7-14(19)8-6-13/h2-11H,12H2,1H3,(H2,20,21,22,23). The van der Waals surface area contributed by atoms with Gasteiger partial charge in [-0.15, -0.1) is 0 Å². The number of halogens is 1. The molecule has 0 unspecified atom stereocenters. The Morgan fingerprint density at radius 3 is 2.71 bits per heavy atom. The predicted octanol–water partition coefficient (Wildman–Crippen LogP) is 4.49. The Morgan fingerprint density at radius 2 is 1.92 bits per heavy atom. The molecule has 3 aromatic rings. The van der Waals surface area contributed by atoms with Crippen LogP contribution >= 0.6 is 11.6 Å². The van der Waals surface area contributed by atoms with Gasteiger partial charge in [0.1, 0.15) is 11.6 Å². The molecular weight excluding hydrogens is 324 g/mol. The van der Waals surface area contributed by atoms with E-state index in [-0.39, 0.29) is 0 Å². The molecule has 6 heteroatoms. The number of hydrogen-bond donors (Lipinski definition) is 2. The fourth-order valence-corrected chi connectivity index (χ4v) is 2.27. The van der Waals surface area contributed by atoms with Gasteiger partial charge < -0.3 is 15.4 Å². The fraction of sp³-hybridized carbons (Fsp3) is 0.111. The van der Waals surface area contributed by atoms with Crippen LogP contribution in [0.15, 0.2) is 60.8 Å². The van der Waals surface area contributed by atoms with Crippen molar-refractivity contribution in [3.63, 3.8) is 0 Å². The van der Waals surface area contributed by atoms with Gasteiger partial charge in [-0.3, -0.25) is 0 Å². The van der Waals surface area contributed by atoms with Crippen LogP contribution in [0.5, 0.6) is 5.75 Å². The SMILES string of the molecule is COc1cccc(Nc2nccc(NCc3ccc(Cl)cc3)n2)c1. The van der Waals surface area contributed by atoms with Gasteiger partial charge in [0.05, 0.1) is 7.11 Å². The maximum atomic E-state index is 5.89. The van der Waals surface area contributed by atoms with Crippen molar-refractivity contribution in [3.05, 3.63) is 71.4 Å². The number of hydrogen-bond acceptors (Lipinski definition) is 5. The van der Waals surface area contributed by atoms with Crippen molar-refractivity contribution in [1.29, 1.82) is 0 Å². The molecule has 122 valence electrons. The average molecular weight is 341 g/mol. The quantitative estimate of drug-likeness (QED) is 0.692. The molecule has 1 heterocycles. The van der Waals surface area contributed by atoms with Crippen molar-refractivity contribution in [3.8, 4) is 5.75 Å². The molecule has 0 saturated heterocycles. The zero-order valence-electron chi connectivity index (χ0n) is 13.2. The van der Waals surface area contributed by atoms with Crippen molar-refractivity contribution in [2.24, 2.45) is 0 Å². The molecule has 0 saturated carbocycles. The minimum absolute atomic E-state index is 0.518. The average Bonchev–Trinajstić information content (AvgIpc) is 2.62. The Hall–Kier alpha value is -2.79. The van der Waals surface area contributed by atoms with E-state index in [2.05, 4.69) is 20.6 Å². The zero-order valence-corrected chi connectivity index (χ0v) is 13.9. The fourth-order valence-electron chi connectivity index (χ4n) is 2.14. The summed E-state index contributed by atoms with van der Waals surface area (Å²) in [5, 5.41) is 7.16. The molecular formula is C18H17ClN4O. The molecule has 2 aromatic carbocycles. The normalized spacial score (nSPS) is 10.2. The molecule has 0 bridgehead atoms. The van der Waals surface area contributed by atoms with E-state index in [1.54, 1.807) is 13.3 Å². The molecule has 24 heavy (non-hydrogen) atoms. The number of nitrogens with zero attached hydrogens (tertiary/aromatic N) is 2. The Kier molecular flexibility index (Phi) is 5.13. The highest BCUT2D eigenvalue weighted by Gasteiger charge is 2.02. The zero-order chi connectivity index (χ0) is 16.8. The van der Waals surface area contributed by atoms with Gasteiger partial charge in [0.15, 0.2) is 0 Å². The number of nitrogens with one attached hydrogen (secondary N) is 2. The Labute approximate surface area is 145 Å². The minimum atomic E-state index is 0.518. The van der Waals surface area contributed by atoms with Gasteiger partial charge in [-0.05, 0) is 35.9 Å². The van der Waals surface area contributed by atoms with Crippen molar-refractivity contribution in [1.82, 2.24) is 9.97 Å². The van der Waals surface area contributed by atoms with Crippen LogP contribution in [0.25, 0.3) is 0 Å². The third-order valence-electron chi connectivity index (χ3n) is 3.37. The summed E-state index contributed by atoms with van der Waals surface area (Å²) >= 11 is 5.89. The number of methoxy groups -OCH3 is 1. The van der Waals surface area contributed by atoms with Gasteiger partial charge in [-0.2, -0.15) is 4.98 Å². The van der Waals surface area contributed by atoms with Gasteiger partial charge in [0.25, 0.3) is 0 Å². The molecule has 0 radical (unpaired) electrons. The summed E-state index contributed by atoms with van der Waals surface area (Å²) in [5.74, 6) is 2.03. The van der Waals surface area contributed by atoms with E-state index in [4.69, 9.17) is 16.3 Å². The van der Waals surface area contributed by atoms with Crippen molar-refractivity contribution in [2.75, 3.05) is 17.7 Å². The van der Waals surface area contributed by atoms with E-state index in [0.717, 1.165) is 27.8 Å². The van der Waals surface area contributed by atoms with Crippen LogP contribution in [0.3, 0.4) is 0 Å². The lowest BCUT2D eigenvalue weighted by molar-refractivity contribution is 0.415. The highest BCUT2D eigenvalue weighted by Crippen LogP contribution is 2.20. The smallest absolute Gasteiger partial charge is 0.229 e. The highest BCUT2D eigenvalue weighted by atomic mass is 35.5. The lowest BCUT2D eigenvalue weighted by Gasteiger charge is -2.09. The van der Waals surface area contributed by atoms with Crippen LogP contribution in [0.2, 0.25) is 5.02 Å². The van der Waals surface area contributed by atoms with Gasteiger partial charge in [-0.1, -0.05) is 29.8 Å². The Balaban J connectivity index is 1.66. The Bertz CT molecular complexity index is 808. The van der Waals surface area contributed by atoms with E-state index >= 15 is 0 Å². The Morgan fingerprint density at radius 1 is 1.08 bits per heavy atom. The third kappa shape index (κ3) is 4.36. The van der Waals surface area contributed by atoms with Gasteiger partial charge in [0, 0.05) is 29.5 Å². The first-order valence-corrected chi connectivity index (χ1v) is 7.83. The predicted molar refractivity (Wildman–Crippen MR) is 97.1 cm³/mol. The van der Waals surface area contributed by atoms with E-state index in [1.807, 2.05) is 54.6 Å². The maximum Gasteiger partial charge on any atom is 0.229 e. The first-order valence-electron chi connectivity index (χ1n) is 7.45. The summed E-state index contributed by atoms with van der Waals surface area (Å²) in [5.41, 5.74) is 1.99. The van der Waals surface area contributed by atoms with Crippen LogP contribution in [-0.2, 0) is 6.54 Å². The van der Waals surface area contributed by atoms with Crippen molar-refractivity contribution >= 4 is 29.1 Å². The molecule has 0 fully saturated rings. The first kappa shape index (κ1) is 16.1. The molecule has 0 amide bonds. The molecule has 1 aromatic heterocycles. The number of benzene rings is 2. The number of anilines is 3. The highest BCUT2D eigenvalue weighted by molar-refractivity contribution is 6.30. The third-order valence-corrected chi connectivity index (χ3v) is 3.62. The number of ether oxygens (including phenoxy) is 1. The van der Waals surface area contributed by atoms with E-state index < -0.39 is 0 Å². The molecule has 3 rings (SSSR count).